The monoisotopic (exact) mass is 249 g/mol. The van der Waals surface area contributed by atoms with Crippen molar-refractivity contribution in [1.82, 2.24) is 5.16 Å². The van der Waals surface area contributed by atoms with Gasteiger partial charge >= 0.3 is 0 Å². The van der Waals surface area contributed by atoms with Crippen LogP contribution in [0.25, 0.3) is 0 Å². The molecule has 7 nitrogen and oxygen atoms in total. The molecular formula is C11H11N3O4. The van der Waals surface area contributed by atoms with E-state index in [1.807, 2.05) is 0 Å². The lowest BCUT2D eigenvalue weighted by Crippen LogP contribution is -2.03. The smallest absolute Gasteiger partial charge is 0.270 e. The minimum Gasteiger partial charge on any atom is -0.488 e. The van der Waals surface area contributed by atoms with E-state index in [-0.39, 0.29) is 18.8 Å². The maximum Gasteiger partial charge on any atom is 0.270 e. The van der Waals surface area contributed by atoms with Crippen molar-refractivity contribution in [2.45, 2.75) is 13.2 Å². The third kappa shape index (κ3) is 2.64. The van der Waals surface area contributed by atoms with Crippen molar-refractivity contribution < 1.29 is 14.2 Å². The van der Waals surface area contributed by atoms with E-state index < -0.39 is 4.92 Å². The van der Waals surface area contributed by atoms with E-state index in [0.717, 1.165) is 5.56 Å². The first-order valence-corrected chi connectivity index (χ1v) is 5.19. The van der Waals surface area contributed by atoms with Gasteiger partial charge in [-0.05, 0) is 6.07 Å². The molecule has 0 saturated carbocycles. The number of benzene rings is 1. The first-order chi connectivity index (χ1) is 8.70. The standard InChI is InChI=1S/C11H11N3O4/c12-4-9-3-10(14(15)16)1-2-11(9)17-6-8-5-13-18-7-8/h1-3,5,7H,4,6,12H2. The molecular weight excluding hydrogens is 238 g/mol. The van der Waals surface area contributed by atoms with Crippen LogP contribution >= 0.6 is 0 Å². The van der Waals surface area contributed by atoms with Gasteiger partial charge in [0.25, 0.3) is 5.69 Å². The fourth-order valence-corrected chi connectivity index (χ4v) is 1.44. The number of nitro benzene ring substituents is 1. The summed E-state index contributed by atoms with van der Waals surface area (Å²) in [5, 5.41) is 14.2. The molecule has 0 aliphatic carbocycles. The Morgan fingerprint density at radius 2 is 2.33 bits per heavy atom. The molecule has 0 saturated heterocycles. The molecule has 1 aromatic carbocycles. The highest BCUT2D eigenvalue weighted by atomic mass is 16.6. The zero-order valence-corrected chi connectivity index (χ0v) is 9.41. The average molecular weight is 249 g/mol. The van der Waals surface area contributed by atoms with E-state index in [1.54, 1.807) is 0 Å². The number of non-ortho nitro benzene ring substituents is 1. The predicted octanol–water partition coefficient (Wildman–Crippen LogP) is 1.62. The first kappa shape index (κ1) is 12.1. The van der Waals surface area contributed by atoms with Crippen molar-refractivity contribution in [3.63, 3.8) is 0 Å². The largest absolute Gasteiger partial charge is 0.488 e. The third-order valence-electron chi connectivity index (χ3n) is 2.35. The Hall–Kier alpha value is -2.41. The molecule has 1 heterocycles. The topological polar surface area (TPSA) is 104 Å². The second-order valence-electron chi connectivity index (χ2n) is 3.57. The summed E-state index contributed by atoms with van der Waals surface area (Å²) in [6.07, 6.45) is 3.00. The van der Waals surface area contributed by atoms with Crippen molar-refractivity contribution in [3.05, 3.63) is 51.9 Å². The van der Waals surface area contributed by atoms with Gasteiger partial charge in [0.15, 0.2) is 0 Å². The summed E-state index contributed by atoms with van der Waals surface area (Å²) in [6, 6.07) is 4.32. The van der Waals surface area contributed by atoms with Crippen molar-refractivity contribution >= 4 is 5.69 Å². The highest BCUT2D eigenvalue weighted by Crippen LogP contribution is 2.24. The Morgan fingerprint density at radius 3 is 2.94 bits per heavy atom. The summed E-state index contributed by atoms with van der Waals surface area (Å²) >= 11 is 0. The molecule has 2 rings (SSSR count). The fourth-order valence-electron chi connectivity index (χ4n) is 1.44. The molecule has 0 aliphatic heterocycles. The van der Waals surface area contributed by atoms with Crippen LogP contribution in [0.2, 0.25) is 0 Å². The van der Waals surface area contributed by atoms with Crippen LogP contribution < -0.4 is 10.5 Å². The molecule has 2 N–H and O–H groups in total. The summed E-state index contributed by atoms with van der Waals surface area (Å²) in [7, 11) is 0. The lowest BCUT2D eigenvalue weighted by atomic mass is 10.2. The van der Waals surface area contributed by atoms with Crippen LogP contribution in [0.3, 0.4) is 0 Å². The molecule has 0 bridgehead atoms. The third-order valence-corrected chi connectivity index (χ3v) is 2.35. The SMILES string of the molecule is NCc1cc([N+](=O)[O-])ccc1OCc1cnoc1. The molecule has 1 aromatic heterocycles. The van der Waals surface area contributed by atoms with Gasteiger partial charge in [0.1, 0.15) is 18.6 Å². The first-order valence-electron chi connectivity index (χ1n) is 5.19. The number of nitrogens with zero attached hydrogens (tertiary/aromatic N) is 2. The highest BCUT2D eigenvalue weighted by Gasteiger charge is 2.11. The summed E-state index contributed by atoms with van der Waals surface area (Å²) < 4.78 is 10.2. The van der Waals surface area contributed by atoms with E-state index >= 15 is 0 Å². The van der Waals surface area contributed by atoms with Gasteiger partial charge in [-0.1, -0.05) is 5.16 Å². The van der Waals surface area contributed by atoms with Gasteiger partial charge < -0.3 is 15.0 Å². The van der Waals surface area contributed by atoms with Gasteiger partial charge in [0.2, 0.25) is 0 Å². The normalized spacial score (nSPS) is 10.3. The van der Waals surface area contributed by atoms with Crippen molar-refractivity contribution in [2.24, 2.45) is 5.73 Å². The number of ether oxygens (including phenoxy) is 1. The van der Waals surface area contributed by atoms with E-state index in [4.69, 9.17) is 10.5 Å². The molecule has 0 aliphatic rings. The predicted molar refractivity (Wildman–Crippen MR) is 61.8 cm³/mol. The number of hydrogen-bond acceptors (Lipinski definition) is 6. The number of nitrogens with two attached hydrogens (primary N) is 1. The van der Waals surface area contributed by atoms with Crippen LogP contribution in [0.15, 0.2) is 35.2 Å². The summed E-state index contributed by atoms with van der Waals surface area (Å²) in [6.45, 7) is 0.439. The van der Waals surface area contributed by atoms with Crippen LogP contribution in [-0.2, 0) is 13.2 Å². The molecule has 7 heteroatoms. The van der Waals surface area contributed by atoms with E-state index in [1.165, 1.54) is 30.7 Å². The summed E-state index contributed by atoms with van der Waals surface area (Å²) in [5.41, 5.74) is 6.89. The Labute approximate surface area is 102 Å². The zero-order valence-electron chi connectivity index (χ0n) is 9.41. The minimum atomic E-state index is -0.469. The Balaban J connectivity index is 2.14. The van der Waals surface area contributed by atoms with E-state index in [9.17, 15) is 10.1 Å². The van der Waals surface area contributed by atoms with E-state index in [2.05, 4.69) is 9.68 Å². The highest BCUT2D eigenvalue weighted by molar-refractivity contribution is 5.43. The van der Waals surface area contributed by atoms with Crippen LogP contribution in [0, 0.1) is 10.1 Å². The Bertz CT molecular complexity index is 539. The lowest BCUT2D eigenvalue weighted by molar-refractivity contribution is -0.384. The molecule has 0 radical (unpaired) electrons. The van der Waals surface area contributed by atoms with Gasteiger partial charge in [-0.2, -0.15) is 0 Å². The Kier molecular flexibility index (Phi) is 3.54. The summed E-state index contributed by atoms with van der Waals surface area (Å²) in [4.78, 5) is 10.2. The number of hydrogen-bond donors (Lipinski definition) is 1. The molecule has 0 unspecified atom stereocenters. The lowest BCUT2D eigenvalue weighted by Gasteiger charge is -2.08. The number of rotatable bonds is 5. The quantitative estimate of drug-likeness (QED) is 0.637. The van der Waals surface area contributed by atoms with Crippen molar-refractivity contribution in [3.8, 4) is 5.75 Å². The zero-order chi connectivity index (χ0) is 13.0. The van der Waals surface area contributed by atoms with Gasteiger partial charge in [-0.25, -0.2) is 0 Å². The minimum absolute atomic E-state index is 0.00669. The molecule has 0 spiro atoms. The van der Waals surface area contributed by atoms with Crippen LogP contribution in [0.4, 0.5) is 5.69 Å². The van der Waals surface area contributed by atoms with E-state index in [0.29, 0.717) is 11.3 Å². The van der Waals surface area contributed by atoms with Crippen molar-refractivity contribution in [1.29, 1.82) is 0 Å². The second kappa shape index (κ2) is 5.28. The van der Waals surface area contributed by atoms with Gasteiger partial charge in [-0.15, -0.1) is 0 Å². The second-order valence-corrected chi connectivity index (χ2v) is 3.57. The van der Waals surface area contributed by atoms with Gasteiger partial charge in [0, 0.05) is 29.8 Å². The molecule has 0 atom stereocenters. The molecule has 0 amide bonds. The van der Waals surface area contributed by atoms with Crippen molar-refractivity contribution in [2.75, 3.05) is 0 Å². The number of aromatic nitrogens is 1. The number of nitro groups is 1. The molecule has 0 fully saturated rings. The van der Waals surface area contributed by atoms with Crippen LogP contribution in [0.5, 0.6) is 5.75 Å². The molecule has 18 heavy (non-hydrogen) atoms. The van der Waals surface area contributed by atoms with Crippen LogP contribution in [0.1, 0.15) is 11.1 Å². The maximum absolute atomic E-state index is 10.6. The Morgan fingerprint density at radius 1 is 1.50 bits per heavy atom. The maximum atomic E-state index is 10.6. The average Bonchev–Trinajstić information content (AvgIpc) is 2.89. The fraction of sp³-hybridized carbons (Fsp3) is 0.182. The van der Waals surface area contributed by atoms with Crippen LogP contribution in [-0.4, -0.2) is 10.1 Å². The van der Waals surface area contributed by atoms with Gasteiger partial charge in [-0.3, -0.25) is 10.1 Å². The summed E-state index contributed by atoms with van der Waals surface area (Å²) in [5.74, 6) is 0.518. The van der Waals surface area contributed by atoms with Gasteiger partial charge in [0.05, 0.1) is 11.1 Å². The molecule has 2 aromatic rings. The molecule has 94 valence electrons.